The minimum Gasteiger partial charge on any atom is -0.336 e. The number of pyridine rings is 1. The highest BCUT2D eigenvalue weighted by Crippen LogP contribution is 2.25. The van der Waals surface area contributed by atoms with Crippen molar-refractivity contribution in [2.45, 2.75) is 11.8 Å². The normalized spacial score (nSPS) is 15.2. The van der Waals surface area contributed by atoms with Crippen LogP contribution >= 0.6 is 11.6 Å². The summed E-state index contributed by atoms with van der Waals surface area (Å²) < 4.78 is 27.2. The zero-order chi connectivity index (χ0) is 22.2. The van der Waals surface area contributed by atoms with Crippen LogP contribution in [-0.4, -0.2) is 60.5 Å². The van der Waals surface area contributed by atoms with Gasteiger partial charge in [-0.2, -0.15) is 4.31 Å². The number of halogens is 1. The lowest BCUT2D eigenvalue weighted by Gasteiger charge is -2.34. The first kappa shape index (κ1) is 21.4. The van der Waals surface area contributed by atoms with E-state index in [0.717, 1.165) is 5.39 Å². The minimum atomic E-state index is -3.71. The summed E-state index contributed by atoms with van der Waals surface area (Å²) in [5, 5.41) is 1.22. The van der Waals surface area contributed by atoms with Gasteiger partial charge in [-0.25, -0.2) is 8.42 Å². The van der Waals surface area contributed by atoms with E-state index in [4.69, 9.17) is 11.6 Å². The van der Waals surface area contributed by atoms with Crippen molar-refractivity contribution in [2.24, 2.45) is 0 Å². The van der Waals surface area contributed by atoms with E-state index in [-0.39, 0.29) is 42.8 Å². The van der Waals surface area contributed by atoms with Crippen molar-refractivity contribution >= 4 is 44.2 Å². The number of ketones is 1. The van der Waals surface area contributed by atoms with Crippen LogP contribution in [0.3, 0.4) is 0 Å². The Hall–Kier alpha value is -2.81. The number of rotatable bonds is 4. The topological polar surface area (TPSA) is 87.7 Å². The van der Waals surface area contributed by atoms with Gasteiger partial charge in [0.1, 0.15) is 0 Å². The summed E-state index contributed by atoms with van der Waals surface area (Å²) in [5.74, 6) is -0.354. The third-order valence-electron chi connectivity index (χ3n) is 5.32. The Morgan fingerprint density at radius 3 is 2.32 bits per heavy atom. The molecule has 0 radical (unpaired) electrons. The quantitative estimate of drug-likeness (QED) is 0.561. The molecule has 0 spiro atoms. The molecule has 1 aliphatic rings. The average molecular weight is 458 g/mol. The molecule has 0 bridgehead atoms. The van der Waals surface area contributed by atoms with Crippen molar-refractivity contribution in [1.82, 2.24) is 14.2 Å². The van der Waals surface area contributed by atoms with Crippen LogP contribution in [0.4, 0.5) is 0 Å². The Morgan fingerprint density at radius 2 is 1.68 bits per heavy atom. The summed E-state index contributed by atoms with van der Waals surface area (Å²) in [6.45, 7) is 2.29. The van der Waals surface area contributed by atoms with Gasteiger partial charge in [0.25, 0.3) is 5.91 Å². The minimum absolute atomic E-state index is 0.126. The first-order valence-electron chi connectivity index (χ1n) is 9.72. The van der Waals surface area contributed by atoms with Crippen LogP contribution in [0.15, 0.2) is 59.6 Å². The maximum Gasteiger partial charge on any atom is 0.256 e. The van der Waals surface area contributed by atoms with Crippen molar-refractivity contribution < 1.29 is 18.0 Å². The lowest BCUT2D eigenvalue weighted by molar-refractivity contribution is 0.0699. The predicted molar refractivity (Wildman–Crippen MR) is 118 cm³/mol. The number of carbonyl (C=O) groups excluding carboxylic acids is 2. The maximum atomic E-state index is 13.1. The highest BCUT2D eigenvalue weighted by Gasteiger charge is 2.31. The number of sulfonamides is 1. The third kappa shape index (κ3) is 4.19. The Bertz CT molecular complexity index is 1270. The Morgan fingerprint density at radius 1 is 1.00 bits per heavy atom. The molecule has 9 heteroatoms. The number of benzene rings is 2. The molecule has 1 aromatic heterocycles. The molecule has 1 fully saturated rings. The van der Waals surface area contributed by atoms with Crippen molar-refractivity contribution in [3.05, 3.63) is 70.9 Å². The molecule has 0 saturated carbocycles. The van der Waals surface area contributed by atoms with E-state index < -0.39 is 10.0 Å². The van der Waals surface area contributed by atoms with E-state index in [9.17, 15) is 18.0 Å². The lowest BCUT2D eigenvalue weighted by atomic mass is 10.1. The van der Waals surface area contributed by atoms with Crippen LogP contribution in [0.25, 0.3) is 10.9 Å². The maximum absolute atomic E-state index is 13.1. The third-order valence-corrected chi connectivity index (χ3v) is 7.46. The molecular formula is C22H20ClN3O4S. The molecule has 3 aromatic rings. The van der Waals surface area contributed by atoms with Gasteiger partial charge < -0.3 is 4.90 Å². The molecule has 1 amide bonds. The van der Waals surface area contributed by atoms with Crippen LogP contribution in [0.1, 0.15) is 27.6 Å². The van der Waals surface area contributed by atoms with Gasteiger partial charge in [0, 0.05) is 48.3 Å². The van der Waals surface area contributed by atoms with E-state index in [1.165, 1.54) is 35.5 Å². The number of amides is 1. The smallest absolute Gasteiger partial charge is 0.256 e. The number of hydrogen-bond acceptors (Lipinski definition) is 5. The molecule has 0 atom stereocenters. The molecule has 1 aliphatic heterocycles. The zero-order valence-electron chi connectivity index (χ0n) is 16.8. The molecule has 2 aromatic carbocycles. The van der Waals surface area contributed by atoms with Crippen LogP contribution < -0.4 is 0 Å². The van der Waals surface area contributed by atoms with Crippen molar-refractivity contribution in [2.75, 3.05) is 26.2 Å². The van der Waals surface area contributed by atoms with Crippen LogP contribution in [-0.2, 0) is 10.0 Å². The fraction of sp³-hybridized carbons (Fsp3) is 0.227. The summed E-state index contributed by atoms with van der Waals surface area (Å²) in [6, 6.07) is 12.9. The second kappa shape index (κ2) is 8.37. The molecule has 4 rings (SSSR count). The molecule has 2 heterocycles. The standard InChI is InChI=1S/C22H20ClN3O4S/c1-15(27)16-4-6-19(7-5-16)31(29,30)26-11-9-25(10-12-26)22(28)20-14-18(23)13-17-3-2-8-24-21(17)20/h2-8,13-14H,9-12H2,1H3. The molecular weight excluding hydrogens is 438 g/mol. The van der Waals surface area contributed by atoms with E-state index in [0.29, 0.717) is 21.7 Å². The largest absolute Gasteiger partial charge is 0.336 e. The average Bonchev–Trinajstić information content (AvgIpc) is 2.78. The van der Waals surface area contributed by atoms with Crippen LogP contribution in [0.2, 0.25) is 5.02 Å². The fourth-order valence-electron chi connectivity index (χ4n) is 3.63. The molecule has 31 heavy (non-hydrogen) atoms. The van der Waals surface area contributed by atoms with Crippen molar-refractivity contribution in [3.63, 3.8) is 0 Å². The van der Waals surface area contributed by atoms with E-state index >= 15 is 0 Å². The van der Waals surface area contributed by atoms with Crippen molar-refractivity contribution in [1.29, 1.82) is 0 Å². The summed E-state index contributed by atoms with van der Waals surface area (Å²) in [7, 11) is -3.71. The molecule has 160 valence electrons. The van der Waals surface area contributed by atoms with E-state index in [1.54, 1.807) is 29.3 Å². The van der Waals surface area contributed by atoms with Gasteiger partial charge in [-0.05, 0) is 37.3 Å². The number of fused-ring (bicyclic) bond motifs is 1. The number of nitrogens with zero attached hydrogens (tertiary/aromatic N) is 3. The number of Topliss-reactive ketones (excluding diaryl/α,β-unsaturated/α-hetero) is 1. The molecule has 0 N–H and O–H groups in total. The lowest BCUT2D eigenvalue weighted by Crippen LogP contribution is -2.50. The first-order valence-corrected chi connectivity index (χ1v) is 11.5. The number of hydrogen-bond donors (Lipinski definition) is 0. The Balaban J connectivity index is 1.51. The zero-order valence-corrected chi connectivity index (χ0v) is 18.4. The van der Waals surface area contributed by atoms with Gasteiger partial charge >= 0.3 is 0 Å². The summed E-state index contributed by atoms with van der Waals surface area (Å²) >= 11 is 6.18. The number of aromatic nitrogens is 1. The molecule has 0 unspecified atom stereocenters. The summed E-state index contributed by atoms with van der Waals surface area (Å²) in [5.41, 5.74) is 1.42. The van der Waals surface area contributed by atoms with Gasteiger partial charge in [-0.15, -0.1) is 0 Å². The van der Waals surface area contributed by atoms with E-state index in [1.807, 2.05) is 6.07 Å². The van der Waals surface area contributed by atoms with Crippen LogP contribution in [0, 0.1) is 0 Å². The fourth-order valence-corrected chi connectivity index (χ4v) is 5.28. The van der Waals surface area contributed by atoms with Gasteiger partial charge in [0.2, 0.25) is 10.0 Å². The number of piperazine rings is 1. The van der Waals surface area contributed by atoms with Gasteiger partial charge in [-0.1, -0.05) is 29.8 Å². The summed E-state index contributed by atoms with van der Waals surface area (Å²) in [4.78, 5) is 30.6. The number of carbonyl (C=O) groups is 2. The van der Waals surface area contributed by atoms with Gasteiger partial charge in [-0.3, -0.25) is 14.6 Å². The molecule has 7 nitrogen and oxygen atoms in total. The SMILES string of the molecule is CC(=O)c1ccc(S(=O)(=O)N2CCN(C(=O)c3cc(Cl)cc4cccnc34)CC2)cc1. The second-order valence-corrected chi connectivity index (χ2v) is 9.68. The van der Waals surface area contributed by atoms with E-state index in [2.05, 4.69) is 4.98 Å². The van der Waals surface area contributed by atoms with Crippen molar-refractivity contribution in [3.8, 4) is 0 Å². The molecule has 0 aliphatic carbocycles. The Labute approximate surface area is 185 Å². The highest BCUT2D eigenvalue weighted by atomic mass is 35.5. The van der Waals surface area contributed by atoms with Gasteiger partial charge in [0.05, 0.1) is 16.0 Å². The van der Waals surface area contributed by atoms with Crippen LogP contribution in [0.5, 0.6) is 0 Å². The Kier molecular flexibility index (Phi) is 5.79. The monoisotopic (exact) mass is 457 g/mol. The van der Waals surface area contributed by atoms with Gasteiger partial charge in [0.15, 0.2) is 5.78 Å². The first-order chi connectivity index (χ1) is 14.8. The highest BCUT2D eigenvalue weighted by molar-refractivity contribution is 7.89. The summed E-state index contributed by atoms with van der Waals surface area (Å²) in [6.07, 6.45) is 1.62. The predicted octanol–water partition coefficient (Wildman–Crippen LogP) is 3.24. The molecule has 1 saturated heterocycles. The second-order valence-electron chi connectivity index (χ2n) is 7.31.